The standard InChI is InChI=1S/C17H26N2O4/c1-6-22-17(21)16-12(4)15(13(5)18-16)14(20)9-19-7-10(2)23-11(3)8-19/h10-11,18H,6-9H2,1-5H3. The molecule has 0 amide bonds. The molecule has 23 heavy (non-hydrogen) atoms. The molecule has 0 saturated carbocycles. The van der Waals surface area contributed by atoms with E-state index in [1.165, 1.54) is 0 Å². The van der Waals surface area contributed by atoms with Gasteiger partial charge < -0.3 is 14.5 Å². The van der Waals surface area contributed by atoms with E-state index in [0.717, 1.165) is 13.1 Å². The van der Waals surface area contributed by atoms with Crippen LogP contribution >= 0.6 is 0 Å². The summed E-state index contributed by atoms with van der Waals surface area (Å²) in [6.07, 6.45) is 0.241. The molecule has 2 unspecified atom stereocenters. The number of aryl methyl sites for hydroxylation is 1. The highest BCUT2D eigenvalue weighted by atomic mass is 16.5. The van der Waals surface area contributed by atoms with Crippen LogP contribution in [0.1, 0.15) is 52.9 Å². The van der Waals surface area contributed by atoms with Crippen LogP contribution < -0.4 is 0 Å². The molecule has 1 fully saturated rings. The van der Waals surface area contributed by atoms with Gasteiger partial charge in [0.1, 0.15) is 5.69 Å². The lowest BCUT2D eigenvalue weighted by atomic mass is 10.0. The molecule has 0 spiro atoms. The predicted octanol–water partition coefficient (Wildman–Crippen LogP) is 2.10. The number of Topliss-reactive ketones (excluding diaryl/α,β-unsaturated/α-hetero) is 1. The first-order chi connectivity index (χ1) is 10.8. The highest BCUT2D eigenvalue weighted by Gasteiger charge is 2.27. The Hall–Kier alpha value is -1.66. The van der Waals surface area contributed by atoms with Gasteiger partial charge in [-0.3, -0.25) is 9.69 Å². The number of H-pyrrole nitrogens is 1. The smallest absolute Gasteiger partial charge is 0.355 e. The molecule has 2 atom stereocenters. The van der Waals surface area contributed by atoms with Crippen molar-refractivity contribution >= 4 is 11.8 Å². The van der Waals surface area contributed by atoms with Crippen molar-refractivity contribution in [3.63, 3.8) is 0 Å². The Bertz CT molecular complexity index is 584. The van der Waals surface area contributed by atoms with Crippen molar-refractivity contribution in [2.24, 2.45) is 0 Å². The van der Waals surface area contributed by atoms with E-state index < -0.39 is 5.97 Å². The fourth-order valence-corrected chi connectivity index (χ4v) is 3.27. The summed E-state index contributed by atoms with van der Waals surface area (Å²) in [5, 5.41) is 0. The van der Waals surface area contributed by atoms with Crippen LogP contribution in [-0.4, -0.2) is 60.1 Å². The molecule has 0 aliphatic carbocycles. The first kappa shape index (κ1) is 17.7. The van der Waals surface area contributed by atoms with Crippen molar-refractivity contribution in [2.75, 3.05) is 26.2 Å². The Labute approximate surface area is 137 Å². The van der Waals surface area contributed by atoms with E-state index in [1.807, 2.05) is 20.8 Å². The molecule has 1 aromatic rings. The van der Waals surface area contributed by atoms with Crippen LogP contribution in [0.2, 0.25) is 0 Å². The maximum absolute atomic E-state index is 12.7. The third kappa shape index (κ3) is 4.00. The van der Waals surface area contributed by atoms with Crippen LogP contribution in [0, 0.1) is 13.8 Å². The second-order valence-corrected chi connectivity index (χ2v) is 6.22. The molecule has 1 N–H and O–H groups in total. The van der Waals surface area contributed by atoms with Gasteiger partial charge in [0.05, 0.1) is 25.4 Å². The molecule has 2 rings (SSSR count). The number of esters is 1. The van der Waals surface area contributed by atoms with Crippen LogP contribution in [0.3, 0.4) is 0 Å². The maximum Gasteiger partial charge on any atom is 0.355 e. The summed E-state index contributed by atoms with van der Waals surface area (Å²) in [7, 11) is 0. The number of ether oxygens (including phenoxy) is 2. The highest BCUT2D eigenvalue weighted by Crippen LogP contribution is 2.20. The average Bonchev–Trinajstić information content (AvgIpc) is 2.73. The van der Waals surface area contributed by atoms with Gasteiger partial charge in [0.15, 0.2) is 5.78 Å². The molecule has 1 aromatic heterocycles. The summed E-state index contributed by atoms with van der Waals surface area (Å²) in [5.41, 5.74) is 2.35. The van der Waals surface area contributed by atoms with Crippen LogP contribution in [-0.2, 0) is 9.47 Å². The number of ketones is 1. The van der Waals surface area contributed by atoms with E-state index in [-0.39, 0.29) is 18.0 Å². The second-order valence-electron chi connectivity index (χ2n) is 6.22. The van der Waals surface area contributed by atoms with Gasteiger partial charge in [-0.1, -0.05) is 0 Å². The van der Waals surface area contributed by atoms with E-state index in [0.29, 0.717) is 35.7 Å². The Morgan fingerprint density at radius 2 is 1.87 bits per heavy atom. The maximum atomic E-state index is 12.7. The number of hydrogen-bond acceptors (Lipinski definition) is 5. The van der Waals surface area contributed by atoms with Crippen molar-refractivity contribution in [1.29, 1.82) is 0 Å². The molecular formula is C17H26N2O4. The number of carbonyl (C=O) groups is 2. The van der Waals surface area contributed by atoms with Gasteiger partial charge in [-0.05, 0) is 40.2 Å². The molecule has 1 aliphatic rings. The topological polar surface area (TPSA) is 71.6 Å². The Balaban J connectivity index is 2.15. The van der Waals surface area contributed by atoms with E-state index in [9.17, 15) is 9.59 Å². The van der Waals surface area contributed by atoms with Gasteiger partial charge in [0, 0.05) is 24.3 Å². The van der Waals surface area contributed by atoms with E-state index in [1.54, 1.807) is 13.8 Å². The minimum atomic E-state index is -0.416. The lowest BCUT2D eigenvalue weighted by Gasteiger charge is -2.34. The second kappa shape index (κ2) is 7.27. The fraction of sp³-hybridized carbons (Fsp3) is 0.647. The van der Waals surface area contributed by atoms with Gasteiger partial charge in [-0.15, -0.1) is 0 Å². The van der Waals surface area contributed by atoms with Gasteiger partial charge in [0.25, 0.3) is 0 Å². The molecule has 0 aromatic carbocycles. The molecular weight excluding hydrogens is 296 g/mol. The third-order valence-corrected chi connectivity index (χ3v) is 4.06. The first-order valence-electron chi connectivity index (χ1n) is 8.10. The van der Waals surface area contributed by atoms with E-state index >= 15 is 0 Å². The predicted molar refractivity (Wildman–Crippen MR) is 87.0 cm³/mol. The fourth-order valence-electron chi connectivity index (χ4n) is 3.27. The summed E-state index contributed by atoms with van der Waals surface area (Å²) in [5.74, 6) is -0.395. The summed E-state index contributed by atoms with van der Waals surface area (Å²) in [6.45, 7) is 11.5. The monoisotopic (exact) mass is 322 g/mol. The van der Waals surface area contributed by atoms with Gasteiger partial charge in [0.2, 0.25) is 0 Å². The molecule has 2 heterocycles. The summed E-state index contributed by atoms with van der Waals surface area (Å²) >= 11 is 0. The number of aromatic nitrogens is 1. The van der Waals surface area contributed by atoms with Crippen molar-refractivity contribution < 1.29 is 19.1 Å². The number of carbonyl (C=O) groups excluding carboxylic acids is 2. The molecule has 128 valence electrons. The zero-order valence-electron chi connectivity index (χ0n) is 14.6. The zero-order valence-corrected chi connectivity index (χ0v) is 14.6. The van der Waals surface area contributed by atoms with E-state index in [2.05, 4.69) is 9.88 Å². The molecule has 6 nitrogen and oxygen atoms in total. The highest BCUT2D eigenvalue weighted by molar-refractivity contribution is 6.03. The number of nitrogens with zero attached hydrogens (tertiary/aromatic N) is 1. The van der Waals surface area contributed by atoms with Gasteiger partial charge in [-0.2, -0.15) is 0 Å². The van der Waals surface area contributed by atoms with Crippen molar-refractivity contribution in [3.8, 4) is 0 Å². The summed E-state index contributed by atoms with van der Waals surface area (Å²) < 4.78 is 10.7. The lowest BCUT2D eigenvalue weighted by Crippen LogP contribution is -2.47. The molecule has 1 saturated heterocycles. The normalized spacial score (nSPS) is 22.1. The minimum Gasteiger partial charge on any atom is -0.461 e. The summed E-state index contributed by atoms with van der Waals surface area (Å²) in [6, 6.07) is 0. The van der Waals surface area contributed by atoms with Crippen molar-refractivity contribution in [1.82, 2.24) is 9.88 Å². The largest absolute Gasteiger partial charge is 0.461 e. The third-order valence-electron chi connectivity index (χ3n) is 4.06. The number of morpholine rings is 1. The SMILES string of the molecule is CCOC(=O)c1[nH]c(C)c(C(=O)CN2CC(C)OC(C)C2)c1C. The first-order valence-corrected chi connectivity index (χ1v) is 8.10. The Morgan fingerprint density at radius 3 is 2.43 bits per heavy atom. The number of aromatic amines is 1. The van der Waals surface area contributed by atoms with Crippen molar-refractivity contribution in [3.05, 3.63) is 22.5 Å². The molecule has 6 heteroatoms. The number of nitrogens with one attached hydrogen (secondary N) is 1. The number of hydrogen-bond donors (Lipinski definition) is 1. The van der Waals surface area contributed by atoms with Crippen molar-refractivity contribution in [2.45, 2.75) is 46.8 Å². The lowest BCUT2D eigenvalue weighted by molar-refractivity contribution is -0.0652. The van der Waals surface area contributed by atoms with Crippen LogP contribution in [0.25, 0.3) is 0 Å². The molecule has 1 aliphatic heterocycles. The zero-order chi connectivity index (χ0) is 17.1. The molecule has 0 radical (unpaired) electrons. The molecule has 0 bridgehead atoms. The average molecular weight is 322 g/mol. The van der Waals surface area contributed by atoms with Crippen LogP contribution in [0.5, 0.6) is 0 Å². The van der Waals surface area contributed by atoms with Gasteiger partial charge >= 0.3 is 5.97 Å². The van der Waals surface area contributed by atoms with Gasteiger partial charge in [-0.25, -0.2) is 4.79 Å². The minimum absolute atomic E-state index is 0.0214. The number of rotatable bonds is 5. The quantitative estimate of drug-likeness (QED) is 0.664. The van der Waals surface area contributed by atoms with E-state index in [4.69, 9.17) is 9.47 Å². The van der Waals surface area contributed by atoms with Crippen LogP contribution in [0.15, 0.2) is 0 Å². The van der Waals surface area contributed by atoms with Crippen LogP contribution in [0.4, 0.5) is 0 Å². The summed E-state index contributed by atoms with van der Waals surface area (Å²) in [4.78, 5) is 29.7. The Kier molecular flexibility index (Phi) is 5.59. The Morgan fingerprint density at radius 1 is 1.26 bits per heavy atom.